The summed E-state index contributed by atoms with van der Waals surface area (Å²) in [7, 11) is 0. The van der Waals surface area contributed by atoms with Crippen LogP contribution in [0.2, 0.25) is 0 Å². The summed E-state index contributed by atoms with van der Waals surface area (Å²) in [5.41, 5.74) is -14.8. The van der Waals surface area contributed by atoms with E-state index in [0.717, 1.165) is 28.0 Å². The van der Waals surface area contributed by atoms with Gasteiger partial charge < -0.3 is 34.8 Å². The summed E-state index contributed by atoms with van der Waals surface area (Å²) < 4.78 is 441. The van der Waals surface area contributed by atoms with Gasteiger partial charge in [0.15, 0.2) is 0 Å². The van der Waals surface area contributed by atoms with Crippen molar-refractivity contribution < 1.29 is 183 Å². The second-order valence-corrected chi connectivity index (χ2v) is 28.6. The Bertz CT molecular complexity index is 4510. The molecule has 14 nitrogen and oxygen atoms in total. The Labute approximate surface area is 713 Å². The lowest BCUT2D eigenvalue weighted by Crippen LogP contribution is -2.58. The zero-order chi connectivity index (χ0) is 96.3. The van der Waals surface area contributed by atoms with E-state index < -0.39 is 203 Å². The Morgan fingerprint density at radius 3 is 1.10 bits per heavy atom. The van der Waals surface area contributed by atoms with Crippen LogP contribution in [-0.2, 0) is 102 Å². The number of nitrogens with one attached hydrogen (secondary N) is 2. The van der Waals surface area contributed by atoms with E-state index in [1.807, 2.05) is 22.6 Å². The molecular weight excluding hydrogens is 1980 g/mol. The lowest BCUT2D eigenvalue weighted by molar-refractivity contribution is -0.161. The number of carbonyl (C=O) groups is 5. The van der Waals surface area contributed by atoms with E-state index in [4.69, 9.17) is 10.5 Å². The molecule has 0 aliphatic carbocycles. The van der Waals surface area contributed by atoms with Crippen LogP contribution >= 0.6 is 38.5 Å². The first kappa shape index (κ1) is 109. The second kappa shape index (κ2) is 44.0. The maximum Gasteiger partial charge on any atom is 0.416 e. The van der Waals surface area contributed by atoms with Crippen molar-refractivity contribution in [1.29, 1.82) is 10.5 Å². The number of hydrogen-bond acceptors (Lipinski definition) is 11. The van der Waals surface area contributed by atoms with Gasteiger partial charge >= 0.3 is 73.7 Å². The number of alkyl halides is 35. The molecule has 5 aromatic carbocycles. The molecule has 5 fully saturated rings. The molecule has 0 bridgehead atoms. The van der Waals surface area contributed by atoms with Crippen LogP contribution < -0.4 is 10.6 Å². The molecule has 698 valence electrons. The molecule has 50 heteroatoms. The summed E-state index contributed by atoms with van der Waals surface area (Å²) in [5, 5.41) is 22.9. The monoisotopic (exact) mass is 2040 g/mol. The molecule has 5 aliphatic heterocycles. The van der Waals surface area contributed by atoms with Crippen molar-refractivity contribution in [3.05, 3.63) is 197 Å². The minimum Gasteiger partial charge on any atom is -0.466 e. The van der Waals surface area contributed by atoms with Crippen molar-refractivity contribution in [3.8, 4) is 12.1 Å². The average Bonchev–Trinajstić information content (AvgIpc) is 1.47. The third kappa shape index (κ3) is 35.3. The highest BCUT2D eigenvalue weighted by molar-refractivity contribution is 14.1. The molecular formula is C76H65BrF34IN7O7. The van der Waals surface area contributed by atoms with Gasteiger partial charge in [-0.25, -0.2) is 17.6 Å². The fourth-order valence-electron chi connectivity index (χ4n) is 11.6. The van der Waals surface area contributed by atoms with E-state index in [9.17, 15) is 173 Å². The van der Waals surface area contributed by atoms with E-state index in [-0.39, 0.29) is 102 Å². The molecule has 5 heterocycles. The highest BCUT2D eigenvalue weighted by atomic mass is 127. The number of rotatable bonds is 13. The largest absolute Gasteiger partial charge is 0.466 e. The lowest BCUT2D eigenvalue weighted by Gasteiger charge is -2.38. The van der Waals surface area contributed by atoms with Gasteiger partial charge in [0.2, 0.25) is 17.7 Å². The summed E-state index contributed by atoms with van der Waals surface area (Å²) in [6.07, 6.45) is -45.6. The van der Waals surface area contributed by atoms with Crippen LogP contribution in [0.1, 0.15) is 147 Å². The third-order valence-corrected chi connectivity index (χ3v) is 18.5. The Kier molecular flexibility index (Phi) is 38.0. The number of benzene rings is 5. The number of halogens is 36. The van der Waals surface area contributed by atoms with Crippen LogP contribution in [0, 0.1) is 22.7 Å². The molecule has 10 rings (SSSR count). The number of carbonyl (C=O) groups excluding carboxylic acids is 5. The fraction of sp³-hybridized carbons (Fsp3) is 0.461. The normalized spacial score (nSPS) is 17.9. The number of nitriles is 2. The van der Waals surface area contributed by atoms with Crippen LogP contribution in [0.15, 0.2) is 113 Å². The van der Waals surface area contributed by atoms with E-state index in [1.54, 1.807) is 11.8 Å². The van der Waals surface area contributed by atoms with Gasteiger partial charge in [0, 0.05) is 62.8 Å². The highest BCUT2D eigenvalue weighted by Crippen LogP contribution is 2.45. The number of ether oxygens (including phenoxy) is 2. The molecule has 4 atom stereocenters. The standard InChI is InChI=1S/C18H16F8N2O.C14H11F6NO2.C12H9F6NO.C12H11F6N.C10H5F6N.C6H6F2INO.C4H7BrO2/c19-16(20)9-28(10-16)15(29)2-4-27-3-1-11(8-27)12-5-13(17(21,22)23)7-14(6-12)18(24,25)26;1-2-23-12(22)5-9(7-21)8-3-10(13(15,16)17)6-11(4-8)14(18,19)20;13-11(14,15)8-1-6(7-3-10(20)19-5-7)2-9(4-8)12(16,17)18;13-11(14,15)9-3-8(7-1-2-19-6-7)4-10(5-9)12(16,17)18;11-9(12,13)7-3-6(1-2-17)4-8(5-7)10(14,15)16;7-6(8)3-10(4-6)5(11)1-2-9;1-2-7-4(6)3-5/h2,4-7,11H,1,3,8-10H2;3-4,6,9H,2,5H2,1H3;1-2,4,7H,3,5H2,(H,19,20);3-5,7,19H,1-2,6H2;3-5H,1H2;1-2H,3-4H2;2-3H2,1H3/b4-2-;;;;;2-1-;. The van der Waals surface area contributed by atoms with Crippen molar-refractivity contribution in [2.24, 2.45) is 0 Å². The summed E-state index contributed by atoms with van der Waals surface area (Å²) in [5.74, 6) is -11.0. The predicted molar refractivity (Wildman–Crippen MR) is 386 cm³/mol. The number of nitrogens with zero attached hydrogens (tertiary/aromatic N) is 5. The first-order valence-corrected chi connectivity index (χ1v) is 37.9. The molecule has 0 radical (unpaired) electrons. The SMILES string of the molecule is CCOC(=O)CBr.CCOC(=O)CC(C#N)c1cc(C(F)(F)F)cc(C(F)(F)F)c1.FC(F)(F)c1cc(C2CCNC2)cc(C(F)(F)F)c1.N#CCc1cc(C(F)(F)F)cc(C(F)(F)F)c1.O=C(/C=C\I)N1CC(F)(F)C1.O=C(/C=C\N1CCC(c2cc(C(F)(F)F)cc(C(F)(F)F)c2)C1)N1CC(F)(F)C1.O=C1CC(c2cc(C(F)(F)F)cc(C(F)(F)F)c2)CN1. The molecule has 3 amide bonds. The van der Waals surface area contributed by atoms with E-state index in [1.165, 1.54) is 35.4 Å². The predicted octanol–water partition coefficient (Wildman–Crippen LogP) is 22.1. The number of amides is 3. The molecule has 126 heavy (non-hydrogen) atoms. The van der Waals surface area contributed by atoms with Gasteiger partial charge in [0.25, 0.3) is 11.8 Å². The molecule has 0 aromatic heterocycles. The molecule has 2 N–H and O–H groups in total. The molecule has 4 unspecified atom stereocenters. The maximum atomic E-state index is 13.0. The van der Waals surface area contributed by atoms with E-state index in [0.29, 0.717) is 92.9 Å². The summed E-state index contributed by atoms with van der Waals surface area (Å²) in [4.78, 5) is 58.7. The van der Waals surface area contributed by atoms with Crippen LogP contribution in [0.25, 0.3) is 0 Å². The van der Waals surface area contributed by atoms with Gasteiger partial charge in [-0.3, -0.25) is 24.0 Å². The Morgan fingerprint density at radius 1 is 0.484 bits per heavy atom. The minimum atomic E-state index is -5.01. The van der Waals surface area contributed by atoms with Crippen molar-refractivity contribution in [1.82, 2.24) is 25.3 Å². The Hall–Kier alpha value is -9.50. The van der Waals surface area contributed by atoms with Crippen LogP contribution in [-0.4, -0.2) is 134 Å². The van der Waals surface area contributed by atoms with Gasteiger partial charge in [0.1, 0.15) is 5.33 Å². The molecule has 5 saturated heterocycles. The topological polar surface area (TPSA) is 185 Å². The molecule has 5 aliphatic rings. The molecule has 5 aromatic rings. The van der Waals surface area contributed by atoms with E-state index in [2.05, 4.69) is 36.0 Å². The molecule has 0 spiro atoms. The Morgan fingerprint density at radius 2 is 0.817 bits per heavy atom. The van der Waals surface area contributed by atoms with Crippen molar-refractivity contribution in [2.75, 3.05) is 77.4 Å². The second-order valence-electron chi connectivity index (χ2n) is 27.3. The quantitative estimate of drug-likeness (QED) is 0.0376. The zero-order valence-corrected chi connectivity index (χ0v) is 67.7. The fourth-order valence-corrected chi connectivity index (χ4v) is 12.1. The minimum absolute atomic E-state index is 0.0205. The van der Waals surface area contributed by atoms with Crippen molar-refractivity contribution >= 4 is 68.2 Å². The van der Waals surface area contributed by atoms with Gasteiger partial charge in [-0.15, -0.1) is 0 Å². The van der Waals surface area contributed by atoms with Gasteiger partial charge in [-0.1, -0.05) is 38.5 Å². The highest BCUT2D eigenvalue weighted by Gasteiger charge is 2.48. The van der Waals surface area contributed by atoms with Crippen LogP contribution in [0.5, 0.6) is 0 Å². The zero-order valence-electron chi connectivity index (χ0n) is 64.0. The smallest absolute Gasteiger partial charge is 0.416 e. The maximum absolute atomic E-state index is 13.0. The number of hydrogen-bond donors (Lipinski definition) is 2. The van der Waals surface area contributed by atoms with Gasteiger partial charge in [0.05, 0.1) is 126 Å². The summed E-state index contributed by atoms with van der Waals surface area (Å²) in [6.45, 7) is 2.93. The summed E-state index contributed by atoms with van der Waals surface area (Å²) >= 11 is 4.81. The van der Waals surface area contributed by atoms with Crippen molar-refractivity contribution in [2.45, 2.75) is 143 Å². The number of likely N-dealkylation sites (tertiary alicyclic amines) is 3. The third-order valence-electron chi connectivity index (χ3n) is 17.6. The molecule has 0 saturated carbocycles. The number of esters is 2. The Balaban J connectivity index is 0.000000317. The van der Waals surface area contributed by atoms with Crippen molar-refractivity contribution in [3.63, 3.8) is 0 Å². The van der Waals surface area contributed by atoms with Crippen LogP contribution in [0.4, 0.5) is 149 Å². The van der Waals surface area contributed by atoms with Crippen LogP contribution in [0.3, 0.4) is 0 Å². The van der Waals surface area contributed by atoms with E-state index >= 15 is 0 Å². The average molecular weight is 2040 g/mol. The van der Waals surface area contributed by atoms with Gasteiger partial charge in [-0.05, 0) is 162 Å². The lowest BCUT2D eigenvalue weighted by atomic mass is 9.93. The first-order chi connectivity index (χ1) is 57.5. The first-order valence-electron chi connectivity index (χ1n) is 35.6. The van der Waals surface area contributed by atoms with Gasteiger partial charge in [-0.2, -0.15) is 142 Å². The summed E-state index contributed by atoms with van der Waals surface area (Å²) in [6, 6.07) is 9.66.